The standard InChI is InChI=1S/C22H28N8O3/c1-13(2)25-22(32)33-15-6-5-14(10-15)18-11-19(29-28-18)27-21-26-17(4-3-9-31)16(12-23)20-24-7-8-30(20)21/h7-8,11,13-15,31H,3-6,9-10H2,1-2H3,(H,25,32)(H2,26,27,28,29). The van der Waals surface area contributed by atoms with Gasteiger partial charge in [-0.25, -0.2) is 14.8 Å². The first kappa shape index (κ1) is 22.5. The molecule has 3 aromatic rings. The third-order valence-corrected chi connectivity index (χ3v) is 5.65. The van der Waals surface area contributed by atoms with Crippen LogP contribution in [0, 0.1) is 11.3 Å². The number of carbonyl (C=O) groups is 1. The molecule has 2 unspecified atom stereocenters. The minimum Gasteiger partial charge on any atom is -0.446 e. The number of hydrogen-bond donors (Lipinski definition) is 4. The number of aromatic nitrogens is 5. The Morgan fingerprint density at radius 1 is 1.45 bits per heavy atom. The number of aromatic amines is 1. The van der Waals surface area contributed by atoms with E-state index in [9.17, 15) is 15.2 Å². The van der Waals surface area contributed by atoms with Crippen molar-refractivity contribution in [3.8, 4) is 6.07 Å². The molecule has 33 heavy (non-hydrogen) atoms. The minimum absolute atomic E-state index is 0.0167. The first-order chi connectivity index (χ1) is 16.0. The molecule has 3 aromatic heterocycles. The van der Waals surface area contributed by atoms with E-state index in [0.717, 1.165) is 25.0 Å². The third-order valence-electron chi connectivity index (χ3n) is 5.65. The summed E-state index contributed by atoms with van der Waals surface area (Å²) in [4.78, 5) is 20.8. The first-order valence-electron chi connectivity index (χ1n) is 11.1. The number of ether oxygens (including phenoxy) is 1. The van der Waals surface area contributed by atoms with E-state index in [1.54, 1.807) is 16.8 Å². The van der Waals surface area contributed by atoms with Gasteiger partial charge in [-0.15, -0.1) is 0 Å². The number of carbonyl (C=O) groups excluding carboxylic acids is 1. The lowest BCUT2D eigenvalue weighted by atomic mass is 10.0. The van der Waals surface area contributed by atoms with E-state index in [4.69, 9.17) is 4.74 Å². The molecule has 0 saturated heterocycles. The molecular weight excluding hydrogens is 424 g/mol. The molecule has 0 bridgehead atoms. The minimum atomic E-state index is -0.379. The maximum absolute atomic E-state index is 11.9. The number of anilines is 2. The molecule has 3 heterocycles. The van der Waals surface area contributed by atoms with Gasteiger partial charge < -0.3 is 20.5 Å². The molecule has 0 spiro atoms. The van der Waals surface area contributed by atoms with E-state index < -0.39 is 0 Å². The average Bonchev–Trinajstić information content (AvgIpc) is 3.52. The van der Waals surface area contributed by atoms with E-state index in [-0.39, 0.29) is 30.8 Å². The van der Waals surface area contributed by atoms with E-state index in [0.29, 0.717) is 41.5 Å². The van der Waals surface area contributed by atoms with E-state index in [2.05, 4.69) is 36.9 Å². The number of nitriles is 1. The number of fused-ring (bicyclic) bond motifs is 1. The zero-order valence-electron chi connectivity index (χ0n) is 18.7. The normalized spacial score (nSPS) is 17.9. The number of H-pyrrole nitrogens is 1. The quantitative estimate of drug-likeness (QED) is 0.407. The van der Waals surface area contributed by atoms with Gasteiger partial charge in [-0.2, -0.15) is 10.4 Å². The van der Waals surface area contributed by atoms with Crippen molar-refractivity contribution in [2.75, 3.05) is 11.9 Å². The second-order valence-corrected chi connectivity index (χ2v) is 8.49. The molecule has 1 aliphatic rings. The summed E-state index contributed by atoms with van der Waals surface area (Å²) in [5.41, 5.74) is 2.46. The Kier molecular flexibility index (Phi) is 6.74. The molecule has 174 valence electrons. The molecule has 1 aliphatic carbocycles. The zero-order chi connectivity index (χ0) is 23.4. The van der Waals surface area contributed by atoms with Crippen molar-refractivity contribution in [1.82, 2.24) is 29.9 Å². The predicted octanol–water partition coefficient (Wildman–Crippen LogP) is 2.76. The van der Waals surface area contributed by atoms with Crippen LogP contribution in [0.3, 0.4) is 0 Å². The van der Waals surface area contributed by atoms with Gasteiger partial charge in [0.05, 0.1) is 5.69 Å². The summed E-state index contributed by atoms with van der Waals surface area (Å²) < 4.78 is 7.23. The lowest BCUT2D eigenvalue weighted by Gasteiger charge is -2.14. The number of aryl methyl sites for hydroxylation is 1. The van der Waals surface area contributed by atoms with Crippen molar-refractivity contribution in [3.63, 3.8) is 0 Å². The number of aliphatic hydroxyl groups is 1. The van der Waals surface area contributed by atoms with Gasteiger partial charge in [0.2, 0.25) is 5.95 Å². The number of imidazole rings is 1. The predicted molar refractivity (Wildman–Crippen MR) is 120 cm³/mol. The van der Waals surface area contributed by atoms with Gasteiger partial charge in [0, 0.05) is 42.7 Å². The largest absolute Gasteiger partial charge is 0.446 e. The maximum atomic E-state index is 11.9. The molecule has 0 radical (unpaired) electrons. The van der Waals surface area contributed by atoms with Crippen LogP contribution in [-0.4, -0.2) is 54.5 Å². The van der Waals surface area contributed by atoms with Crippen molar-refractivity contribution in [2.45, 2.75) is 64.0 Å². The van der Waals surface area contributed by atoms with Gasteiger partial charge in [0.25, 0.3) is 0 Å². The highest BCUT2D eigenvalue weighted by Gasteiger charge is 2.30. The van der Waals surface area contributed by atoms with Crippen molar-refractivity contribution < 1.29 is 14.6 Å². The summed E-state index contributed by atoms with van der Waals surface area (Å²) in [5.74, 6) is 1.30. The Labute approximate surface area is 191 Å². The second-order valence-electron chi connectivity index (χ2n) is 8.49. The Balaban J connectivity index is 1.48. The van der Waals surface area contributed by atoms with Crippen LogP contribution < -0.4 is 10.6 Å². The van der Waals surface area contributed by atoms with Crippen molar-refractivity contribution in [3.05, 3.63) is 35.4 Å². The Hall–Kier alpha value is -3.65. The van der Waals surface area contributed by atoms with E-state index in [1.165, 1.54) is 0 Å². The van der Waals surface area contributed by atoms with Crippen molar-refractivity contribution in [1.29, 1.82) is 5.26 Å². The molecule has 1 amide bonds. The molecule has 2 atom stereocenters. The third kappa shape index (κ3) is 5.06. The average molecular weight is 453 g/mol. The molecular formula is C22H28N8O3. The highest BCUT2D eigenvalue weighted by Crippen LogP contribution is 2.36. The van der Waals surface area contributed by atoms with Gasteiger partial charge in [-0.3, -0.25) is 9.50 Å². The smallest absolute Gasteiger partial charge is 0.407 e. The number of rotatable bonds is 8. The van der Waals surface area contributed by atoms with Crippen molar-refractivity contribution in [2.24, 2.45) is 0 Å². The molecule has 4 rings (SSSR count). The number of aliphatic hydroxyl groups excluding tert-OH is 1. The molecule has 11 heteroatoms. The van der Waals surface area contributed by atoms with Crippen molar-refractivity contribution >= 4 is 23.5 Å². The summed E-state index contributed by atoms with van der Waals surface area (Å²) >= 11 is 0. The van der Waals surface area contributed by atoms with Crippen LogP contribution in [0.5, 0.6) is 0 Å². The van der Waals surface area contributed by atoms with Crippen LogP contribution in [0.1, 0.15) is 62.4 Å². The lowest BCUT2D eigenvalue weighted by Crippen LogP contribution is -2.33. The summed E-state index contributed by atoms with van der Waals surface area (Å²) in [6.07, 6.45) is 6.26. The molecule has 0 aliphatic heterocycles. The molecule has 0 aromatic carbocycles. The van der Waals surface area contributed by atoms with Gasteiger partial charge in [-0.1, -0.05) is 0 Å². The van der Waals surface area contributed by atoms with Gasteiger partial charge in [0.1, 0.15) is 17.7 Å². The fourth-order valence-corrected chi connectivity index (χ4v) is 4.13. The maximum Gasteiger partial charge on any atom is 0.407 e. The number of amides is 1. The monoisotopic (exact) mass is 452 g/mol. The van der Waals surface area contributed by atoms with Crippen LogP contribution in [0.2, 0.25) is 0 Å². The van der Waals surface area contributed by atoms with Gasteiger partial charge >= 0.3 is 6.09 Å². The molecule has 1 fully saturated rings. The lowest BCUT2D eigenvalue weighted by molar-refractivity contribution is 0.0981. The fraction of sp³-hybridized carbons (Fsp3) is 0.500. The van der Waals surface area contributed by atoms with E-state index in [1.807, 2.05) is 19.9 Å². The Morgan fingerprint density at radius 2 is 2.30 bits per heavy atom. The summed E-state index contributed by atoms with van der Waals surface area (Å²) in [6, 6.07) is 4.14. The highest BCUT2D eigenvalue weighted by atomic mass is 16.6. The van der Waals surface area contributed by atoms with Gasteiger partial charge in [0.15, 0.2) is 11.5 Å². The molecule has 1 saturated carbocycles. The number of nitrogens with zero attached hydrogens (tertiary/aromatic N) is 5. The summed E-state index contributed by atoms with van der Waals surface area (Å²) in [6.45, 7) is 3.81. The summed E-state index contributed by atoms with van der Waals surface area (Å²) in [7, 11) is 0. The zero-order valence-corrected chi connectivity index (χ0v) is 18.7. The van der Waals surface area contributed by atoms with Crippen LogP contribution in [0.15, 0.2) is 18.5 Å². The highest BCUT2D eigenvalue weighted by molar-refractivity contribution is 5.67. The van der Waals surface area contributed by atoms with E-state index >= 15 is 0 Å². The number of nitrogens with one attached hydrogen (secondary N) is 3. The van der Waals surface area contributed by atoms with Gasteiger partial charge in [-0.05, 0) is 46.0 Å². The van der Waals surface area contributed by atoms with Crippen LogP contribution in [-0.2, 0) is 11.2 Å². The SMILES string of the molecule is CC(C)NC(=O)OC1CCC(c2cc(Nc3nc(CCCO)c(C#N)c4nccn34)n[nH]2)C1. The first-order valence-corrected chi connectivity index (χ1v) is 11.1. The number of hydrogen-bond acceptors (Lipinski definition) is 8. The molecule has 4 N–H and O–H groups in total. The van der Waals surface area contributed by atoms with Crippen LogP contribution >= 0.6 is 0 Å². The number of alkyl carbamates (subject to hydrolysis) is 1. The van der Waals surface area contributed by atoms with Crippen LogP contribution in [0.4, 0.5) is 16.6 Å². The summed E-state index contributed by atoms with van der Waals surface area (Å²) in [5, 5.41) is 32.2. The molecule has 11 nitrogen and oxygen atoms in total. The topological polar surface area (TPSA) is 153 Å². The second kappa shape index (κ2) is 9.87. The Bertz CT molecular complexity index is 1160. The Morgan fingerprint density at radius 3 is 3.06 bits per heavy atom. The van der Waals surface area contributed by atoms with Crippen LogP contribution in [0.25, 0.3) is 5.65 Å². The fourth-order valence-electron chi connectivity index (χ4n) is 4.13.